The van der Waals surface area contributed by atoms with Gasteiger partial charge in [0, 0.05) is 9.35 Å². The minimum absolute atomic E-state index is 0.497. The number of hydrogen-bond acceptors (Lipinski definition) is 1. The smallest absolute Gasteiger partial charge is 0.0525 e. The standard InChI is InChI=1S/C9H12Br2S/c1-3-6(2)8(11)9-7(10)4-5-12-9/h4-6,8H,3H2,1-2H3. The summed E-state index contributed by atoms with van der Waals surface area (Å²) >= 11 is 9.07. The van der Waals surface area contributed by atoms with E-state index in [9.17, 15) is 0 Å². The van der Waals surface area contributed by atoms with Crippen LogP contribution in [0.2, 0.25) is 0 Å². The van der Waals surface area contributed by atoms with Crippen molar-refractivity contribution >= 4 is 43.2 Å². The van der Waals surface area contributed by atoms with Gasteiger partial charge in [-0.1, -0.05) is 36.2 Å². The fraction of sp³-hybridized carbons (Fsp3) is 0.556. The van der Waals surface area contributed by atoms with E-state index in [0.717, 1.165) is 0 Å². The van der Waals surface area contributed by atoms with Crippen LogP contribution in [0.5, 0.6) is 0 Å². The average molecular weight is 312 g/mol. The maximum absolute atomic E-state index is 3.72. The Labute approximate surface area is 94.6 Å². The lowest BCUT2D eigenvalue weighted by Crippen LogP contribution is -2.00. The maximum Gasteiger partial charge on any atom is 0.0525 e. The molecule has 0 N–H and O–H groups in total. The van der Waals surface area contributed by atoms with Crippen LogP contribution in [-0.2, 0) is 0 Å². The van der Waals surface area contributed by atoms with E-state index in [1.54, 1.807) is 0 Å². The number of hydrogen-bond donors (Lipinski definition) is 0. The predicted molar refractivity (Wildman–Crippen MR) is 63.1 cm³/mol. The molecule has 2 atom stereocenters. The van der Waals surface area contributed by atoms with Crippen LogP contribution in [0.1, 0.15) is 30.0 Å². The van der Waals surface area contributed by atoms with Crippen LogP contribution in [0.4, 0.5) is 0 Å². The van der Waals surface area contributed by atoms with E-state index in [4.69, 9.17) is 0 Å². The monoisotopic (exact) mass is 310 g/mol. The summed E-state index contributed by atoms with van der Waals surface area (Å²) in [4.78, 5) is 1.90. The molecule has 0 fully saturated rings. The molecule has 0 aromatic carbocycles. The van der Waals surface area contributed by atoms with E-state index in [-0.39, 0.29) is 0 Å². The highest BCUT2D eigenvalue weighted by molar-refractivity contribution is 9.11. The molecule has 0 amide bonds. The maximum atomic E-state index is 3.72. The second-order valence-electron chi connectivity index (χ2n) is 2.92. The molecule has 0 bridgehead atoms. The van der Waals surface area contributed by atoms with Crippen LogP contribution >= 0.6 is 43.2 Å². The van der Waals surface area contributed by atoms with Gasteiger partial charge in [0.15, 0.2) is 0 Å². The second-order valence-corrected chi connectivity index (χ2v) is 5.71. The molecule has 0 aliphatic carbocycles. The lowest BCUT2D eigenvalue weighted by Gasteiger charge is -2.15. The van der Waals surface area contributed by atoms with Crippen molar-refractivity contribution in [2.75, 3.05) is 0 Å². The van der Waals surface area contributed by atoms with Crippen molar-refractivity contribution in [2.24, 2.45) is 5.92 Å². The zero-order valence-electron chi connectivity index (χ0n) is 7.18. The highest BCUT2D eigenvalue weighted by Crippen LogP contribution is 2.39. The van der Waals surface area contributed by atoms with E-state index in [1.165, 1.54) is 15.8 Å². The second kappa shape index (κ2) is 4.77. The number of thiophene rings is 1. The van der Waals surface area contributed by atoms with Crippen LogP contribution in [0.15, 0.2) is 15.9 Å². The Kier molecular flexibility index (Phi) is 4.27. The third kappa shape index (κ3) is 2.33. The highest BCUT2D eigenvalue weighted by atomic mass is 79.9. The van der Waals surface area contributed by atoms with Crippen LogP contribution in [0.25, 0.3) is 0 Å². The van der Waals surface area contributed by atoms with Crippen molar-refractivity contribution in [3.63, 3.8) is 0 Å². The highest BCUT2D eigenvalue weighted by Gasteiger charge is 2.17. The van der Waals surface area contributed by atoms with Gasteiger partial charge in [0.2, 0.25) is 0 Å². The van der Waals surface area contributed by atoms with Crippen molar-refractivity contribution in [1.82, 2.24) is 0 Å². The Hall–Kier alpha value is 0.660. The van der Waals surface area contributed by atoms with Crippen LogP contribution in [0, 0.1) is 5.92 Å². The Morgan fingerprint density at radius 3 is 2.67 bits per heavy atom. The van der Waals surface area contributed by atoms with Gasteiger partial charge in [0.25, 0.3) is 0 Å². The van der Waals surface area contributed by atoms with Gasteiger partial charge < -0.3 is 0 Å². The molecule has 0 saturated heterocycles. The van der Waals surface area contributed by atoms with Gasteiger partial charge in [-0.05, 0) is 33.3 Å². The van der Waals surface area contributed by atoms with E-state index < -0.39 is 0 Å². The molecular formula is C9H12Br2S. The molecule has 1 heterocycles. The summed E-state index contributed by atoms with van der Waals surface area (Å²) in [6.07, 6.45) is 1.21. The molecule has 0 spiro atoms. The fourth-order valence-electron chi connectivity index (χ4n) is 0.968. The summed E-state index contributed by atoms with van der Waals surface area (Å²) in [5, 5.41) is 2.12. The summed E-state index contributed by atoms with van der Waals surface area (Å²) < 4.78 is 1.23. The molecule has 1 aromatic rings. The van der Waals surface area contributed by atoms with Crippen LogP contribution < -0.4 is 0 Å². The predicted octanol–water partition coefficient (Wildman–Crippen LogP) is 4.99. The fourth-order valence-corrected chi connectivity index (χ4v) is 3.95. The van der Waals surface area contributed by atoms with Crippen LogP contribution in [-0.4, -0.2) is 0 Å². The molecule has 0 nitrogen and oxygen atoms in total. The van der Waals surface area contributed by atoms with Gasteiger partial charge in [0.1, 0.15) is 0 Å². The minimum Gasteiger partial charge on any atom is -0.147 e. The molecule has 1 rings (SSSR count). The third-order valence-corrected chi connectivity index (χ3v) is 5.66. The molecule has 12 heavy (non-hydrogen) atoms. The summed E-state index contributed by atoms with van der Waals surface area (Å²) in [5.74, 6) is 0.694. The molecule has 1 aromatic heterocycles. The lowest BCUT2D eigenvalue weighted by molar-refractivity contribution is 0.559. The number of rotatable bonds is 3. The molecule has 3 heteroatoms. The van der Waals surface area contributed by atoms with Crippen molar-refractivity contribution in [2.45, 2.75) is 25.1 Å². The Morgan fingerprint density at radius 1 is 1.58 bits per heavy atom. The number of alkyl halides is 1. The summed E-state index contributed by atoms with van der Waals surface area (Å²) in [6.45, 7) is 4.49. The first kappa shape index (κ1) is 10.7. The summed E-state index contributed by atoms with van der Waals surface area (Å²) in [6, 6.07) is 2.11. The van der Waals surface area contributed by atoms with Crippen LogP contribution in [0.3, 0.4) is 0 Å². The first-order valence-corrected chi connectivity index (χ1v) is 6.62. The Morgan fingerprint density at radius 2 is 2.25 bits per heavy atom. The lowest BCUT2D eigenvalue weighted by atomic mass is 10.0. The Balaban J connectivity index is 2.77. The molecular weight excluding hydrogens is 300 g/mol. The Bertz CT molecular complexity index is 244. The molecule has 0 aliphatic rings. The molecule has 0 radical (unpaired) electrons. The molecule has 0 saturated carbocycles. The van der Waals surface area contributed by atoms with Crippen molar-refractivity contribution in [3.05, 3.63) is 20.8 Å². The largest absolute Gasteiger partial charge is 0.147 e. The SMILES string of the molecule is CCC(C)C(Br)c1sccc1Br. The van der Waals surface area contributed by atoms with E-state index in [0.29, 0.717) is 10.7 Å². The normalized spacial score (nSPS) is 16.0. The van der Waals surface area contributed by atoms with Gasteiger partial charge in [-0.2, -0.15) is 0 Å². The molecule has 0 aliphatic heterocycles. The van der Waals surface area contributed by atoms with E-state index in [1.807, 2.05) is 11.3 Å². The topological polar surface area (TPSA) is 0 Å². The van der Waals surface area contributed by atoms with Crippen molar-refractivity contribution < 1.29 is 0 Å². The summed E-state index contributed by atoms with van der Waals surface area (Å²) in [5.41, 5.74) is 0. The van der Waals surface area contributed by atoms with Crippen molar-refractivity contribution in [3.8, 4) is 0 Å². The number of halogens is 2. The minimum atomic E-state index is 0.497. The van der Waals surface area contributed by atoms with Crippen molar-refractivity contribution in [1.29, 1.82) is 0 Å². The van der Waals surface area contributed by atoms with Gasteiger partial charge in [-0.15, -0.1) is 11.3 Å². The first-order chi connectivity index (χ1) is 5.66. The first-order valence-electron chi connectivity index (χ1n) is 4.03. The van der Waals surface area contributed by atoms with E-state index in [2.05, 4.69) is 57.2 Å². The molecule has 68 valence electrons. The van der Waals surface area contributed by atoms with Gasteiger partial charge in [-0.3, -0.25) is 0 Å². The van der Waals surface area contributed by atoms with Gasteiger partial charge in [-0.25, -0.2) is 0 Å². The quantitative estimate of drug-likeness (QED) is 0.690. The molecule has 2 unspecified atom stereocenters. The third-order valence-electron chi connectivity index (χ3n) is 2.04. The zero-order chi connectivity index (χ0) is 9.14. The average Bonchev–Trinajstić information content (AvgIpc) is 2.48. The van der Waals surface area contributed by atoms with Gasteiger partial charge >= 0.3 is 0 Å². The van der Waals surface area contributed by atoms with E-state index >= 15 is 0 Å². The summed E-state index contributed by atoms with van der Waals surface area (Å²) in [7, 11) is 0. The van der Waals surface area contributed by atoms with Gasteiger partial charge in [0.05, 0.1) is 4.83 Å². The zero-order valence-corrected chi connectivity index (χ0v) is 11.2.